The molecule has 32 heavy (non-hydrogen) atoms. The number of carbonyl (C=O) groups excluding carboxylic acids is 1. The third-order valence-corrected chi connectivity index (χ3v) is 6.85. The van der Waals surface area contributed by atoms with Crippen LogP contribution in [-0.4, -0.2) is 44.2 Å². The highest BCUT2D eigenvalue weighted by molar-refractivity contribution is 5.81. The fourth-order valence-corrected chi connectivity index (χ4v) is 4.84. The Bertz CT molecular complexity index is 802. The number of hydrogen-bond acceptors (Lipinski definition) is 4. The second-order valence-electron chi connectivity index (χ2n) is 9.39. The van der Waals surface area contributed by atoms with Gasteiger partial charge in [0.15, 0.2) is 17.5 Å². The third kappa shape index (κ3) is 6.08. The predicted octanol–water partition coefficient (Wildman–Crippen LogP) is 3.52. The lowest BCUT2D eigenvalue weighted by Crippen LogP contribution is -2.47. The van der Waals surface area contributed by atoms with Crippen LogP contribution in [0.3, 0.4) is 0 Å². The van der Waals surface area contributed by atoms with E-state index in [1.807, 2.05) is 12.1 Å². The summed E-state index contributed by atoms with van der Waals surface area (Å²) in [5.41, 5.74) is 1.06. The molecule has 3 fully saturated rings. The highest BCUT2D eigenvalue weighted by Gasteiger charge is 2.31. The lowest BCUT2D eigenvalue weighted by Gasteiger charge is -2.30. The van der Waals surface area contributed by atoms with Gasteiger partial charge in [-0.15, -0.1) is 0 Å². The minimum absolute atomic E-state index is 0.102. The van der Waals surface area contributed by atoms with Crippen LogP contribution in [0.4, 0.5) is 0 Å². The normalized spacial score (nSPS) is 24.1. The SMILES string of the molecule is CN=C(NCc1cccc(OC)c1OC1CCCC1)NC1CCCC(C(=O)NC2CC2)C1. The summed E-state index contributed by atoms with van der Waals surface area (Å²) < 4.78 is 11.9. The molecular weight excluding hydrogens is 404 g/mol. The molecule has 0 bridgehead atoms. The predicted molar refractivity (Wildman–Crippen MR) is 126 cm³/mol. The zero-order valence-corrected chi connectivity index (χ0v) is 19.5. The van der Waals surface area contributed by atoms with E-state index in [9.17, 15) is 4.79 Å². The molecule has 7 nitrogen and oxygen atoms in total. The number of nitrogens with zero attached hydrogens (tertiary/aromatic N) is 1. The number of benzene rings is 1. The van der Waals surface area contributed by atoms with Gasteiger partial charge >= 0.3 is 0 Å². The van der Waals surface area contributed by atoms with E-state index in [0.29, 0.717) is 12.6 Å². The summed E-state index contributed by atoms with van der Waals surface area (Å²) in [6.07, 6.45) is 11.1. The summed E-state index contributed by atoms with van der Waals surface area (Å²) in [5, 5.41) is 10.1. The monoisotopic (exact) mass is 442 g/mol. The van der Waals surface area contributed by atoms with Crippen molar-refractivity contribution in [3.05, 3.63) is 23.8 Å². The van der Waals surface area contributed by atoms with Crippen LogP contribution in [0, 0.1) is 5.92 Å². The molecule has 2 atom stereocenters. The second-order valence-corrected chi connectivity index (χ2v) is 9.39. The van der Waals surface area contributed by atoms with Crippen molar-refractivity contribution in [3.63, 3.8) is 0 Å². The van der Waals surface area contributed by atoms with Crippen molar-refractivity contribution in [1.29, 1.82) is 0 Å². The molecule has 3 N–H and O–H groups in total. The Kier molecular flexibility index (Phi) is 7.76. The summed E-state index contributed by atoms with van der Waals surface area (Å²) in [5.74, 6) is 2.69. The summed E-state index contributed by atoms with van der Waals surface area (Å²) >= 11 is 0. The van der Waals surface area contributed by atoms with Gasteiger partial charge in [0.25, 0.3) is 0 Å². The molecular formula is C25H38N4O3. The van der Waals surface area contributed by atoms with Gasteiger partial charge < -0.3 is 25.4 Å². The number of aliphatic imine (C=N–C) groups is 1. The van der Waals surface area contributed by atoms with E-state index in [-0.39, 0.29) is 24.0 Å². The molecule has 3 aliphatic carbocycles. The van der Waals surface area contributed by atoms with Crippen molar-refractivity contribution in [1.82, 2.24) is 16.0 Å². The van der Waals surface area contributed by atoms with Crippen LogP contribution < -0.4 is 25.4 Å². The van der Waals surface area contributed by atoms with E-state index in [0.717, 1.165) is 74.4 Å². The van der Waals surface area contributed by atoms with Gasteiger partial charge in [-0.1, -0.05) is 18.6 Å². The van der Waals surface area contributed by atoms with Crippen LogP contribution in [-0.2, 0) is 11.3 Å². The summed E-state index contributed by atoms with van der Waals surface area (Å²) in [4.78, 5) is 16.9. The number of guanidine groups is 1. The third-order valence-electron chi connectivity index (χ3n) is 6.85. The molecule has 3 saturated carbocycles. The minimum atomic E-state index is 0.102. The van der Waals surface area contributed by atoms with Crippen molar-refractivity contribution in [2.45, 2.75) is 88.9 Å². The quantitative estimate of drug-likeness (QED) is 0.424. The molecule has 0 saturated heterocycles. The van der Waals surface area contributed by atoms with Gasteiger partial charge in [0, 0.05) is 37.2 Å². The van der Waals surface area contributed by atoms with E-state index in [4.69, 9.17) is 9.47 Å². The molecule has 176 valence electrons. The van der Waals surface area contributed by atoms with Gasteiger partial charge in [0.05, 0.1) is 13.2 Å². The van der Waals surface area contributed by atoms with E-state index in [2.05, 4.69) is 27.0 Å². The summed E-state index contributed by atoms with van der Waals surface area (Å²) in [6, 6.07) is 6.71. The zero-order chi connectivity index (χ0) is 22.3. The van der Waals surface area contributed by atoms with E-state index >= 15 is 0 Å². The first-order valence-corrected chi connectivity index (χ1v) is 12.3. The molecule has 2 unspecified atom stereocenters. The smallest absolute Gasteiger partial charge is 0.223 e. The fourth-order valence-electron chi connectivity index (χ4n) is 4.84. The van der Waals surface area contributed by atoms with E-state index in [1.165, 1.54) is 12.8 Å². The van der Waals surface area contributed by atoms with Gasteiger partial charge in [-0.05, 0) is 63.9 Å². The van der Waals surface area contributed by atoms with Crippen molar-refractivity contribution in [3.8, 4) is 11.5 Å². The Labute approximate surface area is 191 Å². The highest BCUT2D eigenvalue weighted by atomic mass is 16.5. The van der Waals surface area contributed by atoms with Crippen LogP contribution in [0.1, 0.15) is 69.8 Å². The Morgan fingerprint density at radius 3 is 2.56 bits per heavy atom. The lowest BCUT2D eigenvalue weighted by atomic mass is 9.85. The van der Waals surface area contributed by atoms with Crippen molar-refractivity contribution >= 4 is 11.9 Å². The molecule has 3 aliphatic rings. The topological polar surface area (TPSA) is 84.0 Å². The number of ether oxygens (including phenoxy) is 2. The zero-order valence-electron chi connectivity index (χ0n) is 19.5. The molecule has 4 rings (SSSR count). The first-order valence-electron chi connectivity index (χ1n) is 12.3. The molecule has 0 aromatic heterocycles. The van der Waals surface area contributed by atoms with Crippen LogP contribution in [0.2, 0.25) is 0 Å². The average molecular weight is 443 g/mol. The van der Waals surface area contributed by atoms with Crippen LogP contribution in [0.25, 0.3) is 0 Å². The molecule has 0 radical (unpaired) electrons. The maximum atomic E-state index is 12.5. The maximum Gasteiger partial charge on any atom is 0.223 e. The summed E-state index contributed by atoms with van der Waals surface area (Å²) in [7, 11) is 3.48. The number of carbonyl (C=O) groups is 1. The Hall–Kier alpha value is -2.44. The van der Waals surface area contributed by atoms with Crippen molar-refractivity contribution in [2.75, 3.05) is 14.2 Å². The summed E-state index contributed by atoms with van der Waals surface area (Å²) in [6.45, 7) is 0.594. The Morgan fingerprint density at radius 1 is 1.03 bits per heavy atom. The Balaban J connectivity index is 1.33. The van der Waals surface area contributed by atoms with Gasteiger partial charge in [-0.25, -0.2) is 0 Å². The molecule has 7 heteroatoms. The van der Waals surface area contributed by atoms with Crippen LogP contribution in [0.15, 0.2) is 23.2 Å². The van der Waals surface area contributed by atoms with E-state index < -0.39 is 0 Å². The average Bonchev–Trinajstić information content (AvgIpc) is 3.48. The Morgan fingerprint density at radius 2 is 1.84 bits per heavy atom. The van der Waals surface area contributed by atoms with Gasteiger partial charge in [-0.2, -0.15) is 0 Å². The lowest BCUT2D eigenvalue weighted by molar-refractivity contribution is -0.126. The second kappa shape index (κ2) is 10.9. The van der Waals surface area contributed by atoms with Crippen molar-refractivity contribution in [2.24, 2.45) is 10.9 Å². The molecule has 0 spiro atoms. The number of amides is 1. The number of nitrogens with one attached hydrogen (secondary N) is 3. The van der Waals surface area contributed by atoms with Crippen LogP contribution >= 0.6 is 0 Å². The number of methoxy groups -OCH3 is 1. The standard InChI is InChI=1S/C25H38N4O3/c1-26-25(29-20-9-5-7-17(15-20)24(30)28-19-13-14-19)27-16-18-8-6-12-22(31-2)23(18)32-21-10-3-4-11-21/h6,8,12,17,19-21H,3-5,7,9-11,13-16H2,1-2H3,(H,28,30)(H2,26,27,29). The highest BCUT2D eigenvalue weighted by Crippen LogP contribution is 2.35. The minimum Gasteiger partial charge on any atom is -0.493 e. The number of rotatable bonds is 8. The number of para-hydroxylation sites is 1. The largest absolute Gasteiger partial charge is 0.493 e. The number of hydrogen-bond donors (Lipinski definition) is 3. The maximum absolute atomic E-state index is 12.5. The van der Waals surface area contributed by atoms with Crippen LogP contribution in [0.5, 0.6) is 11.5 Å². The van der Waals surface area contributed by atoms with E-state index in [1.54, 1.807) is 14.2 Å². The van der Waals surface area contributed by atoms with Gasteiger partial charge in [-0.3, -0.25) is 9.79 Å². The first-order chi connectivity index (χ1) is 15.7. The molecule has 1 aromatic carbocycles. The van der Waals surface area contributed by atoms with Gasteiger partial charge in [0.1, 0.15) is 0 Å². The van der Waals surface area contributed by atoms with Crippen molar-refractivity contribution < 1.29 is 14.3 Å². The fraction of sp³-hybridized carbons (Fsp3) is 0.680. The first kappa shape index (κ1) is 22.7. The molecule has 1 amide bonds. The van der Waals surface area contributed by atoms with Gasteiger partial charge in [0.2, 0.25) is 5.91 Å². The molecule has 0 aliphatic heterocycles. The molecule has 0 heterocycles. The molecule has 1 aromatic rings.